The summed E-state index contributed by atoms with van der Waals surface area (Å²) in [6, 6.07) is 15.0. The first-order valence-corrected chi connectivity index (χ1v) is 4.64. The molecule has 0 fully saturated rings. The Morgan fingerprint density at radius 2 is 2.07 bits per heavy atom. The Bertz CT molecular complexity index is 605. The van der Waals surface area contributed by atoms with Gasteiger partial charge in [0.2, 0.25) is 0 Å². The number of hydrogen-bond donors (Lipinski definition) is 0. The average Bonchev–Trinajstić information content (AvgIpc) is 2.57. The lowest BCUT2D eigenvalue weighted by molar-refractivity contribution is 0.668. The molecule has 67 valence electrons. The fourth-order valence-corrected chi connectivity index (χ4v) is 1.90. The molecule has 3 rings (SSSR count). The molecule has 2 aromatic carbocycles. The summed E-state index contributed by atoms with van der Waals surface area (Å²) in [7, 11) is 0. The summed E-state index contributed by atoms with van der Waals surface area (Å²) in [5.74, 6) is 0. The van der Waals surface area contributed by atoms with E-state index in [9.17, 15) is 0 Å². The van der Waals surface area contributed by atoms with E-state index in [0.29, 0.717) is 0 Å². The summed E-state index contributed by atoms with van der Waals surface area (Å²) in [6.07, 6.45) is 0. The normalized spacial score (nSPS) is 11.2. The standard InChI is InChI=1S/C13H9O/c1-9-5-4-8-12-13(9)10-6-2-3-7-11(10)14-12/h2,4-8H,1H3. The molecule has 14 heavy (non-hydrogen) atoms. The quantitative estimate of drug-likeness (QED) is 0.515. The topological polar surface area (TPSA) is 13.1 Å². The molecule has 1 radical (unpaired) electrons. The lowest BCUT2D eigenvalue weighted by Crippen LogP contribution is -1.72. The summed E-state index contributed by atoms with van der Waals surface area (Å²) in [4.78, 5) is 0. The summed E-state index contributed by atoms with van der Waals surface area (Å²) >= 11 is 0. The van der Waals surface area contributed by atoms with Gasteiger partial charge in [-0.3, -0.25) is 0 Å². The molecule has 1 nitrogen and oxygen atoms in total. The zero-order valence-corrected chi connectivity index (χ0v) is 7.87. The van der Waals surface area contributed by atoms with Gasteiger partial charge in [-0.15, -0.1) is 0 Å². The molecule has 0 aliphatic rings. The van der Waals surface area contributed by atoms with Crippen molar-refractivity contribution >= 4 is 21.9 Å². The van der Waals surface area contributed by atoms with Gasteiger partial charge in [-0.25, -0.2) is 0 Å². The highest BCUT2D eigenvalue weighted by Gasteiger charge is 2.06. The van der Waals surface area contributed by atoms with Crippen LogP contribution in [0.2, 0.25) is 0 Å². The molecule has 0 aliphatic heterocycles. The molecule has 1 aromatic heterocycles. The van der Waals surface area contributed by atoms with Crippen LogP contribution in [-0.2, 0) is 0 Å². The number of rotatable bonds is 0. The Balaban J connectivity index is 2.65. The third-order valence-electron chi connectivity index (χ3n) is 2.55. The van der Waals surface area contributed by atoms with Crippen molar-refractivity contribution < 1.29 is 4.42 Å². The van der Waals surface area contributed by atoms with Crippen LogP contribution in [0.15, 0.2) is 40.8 Å². The van der Waals surface area contributed by atoms with Crippen molar-refractivity contribution in [2.45, 2.75) is 6.92 Å². The molecule has 0 unspecified atom stereocenters. The van der Waals surface area contributed by atoms with Crippen LogP contribution in [0, 0.1) is 13.0 Å². The Kier molecular flexibility index (Phi) is 1.42. The van der Waals surface area contributed by atoms with Crippen molar-refractivity contribution in [1.29, 1.82) is 0 Å². The highest BCUT2D eigenvalue weighted by Crippen LogP contribution is 2.30. The van der Waals surface area contributed by atoms with Crippen LogP contribution in [0.1, 0.15) is 5.56 Å². The third-order valence-corrected chi connectivity index (χ3v) is 2.55. The maximum atomic E-state index is 5.70. The van der Waals surface area contributed by atoms with Crippen molar-refractivity contribution in [2.24, 2.45) is 0 Å². The maximum Gasteiger partial charge on any atom is 0.136 e. The summed E-state index contributed by atoms with van der Waals surface area (Å²) in [5, 5.41) is 2.40. The molecule has 0 saturated carbocycles. The second-order valence-corrected chi connectivity index (χ2v) is 3.47. The predicted octanol–water partition coefficient (Wildman–Crippen LogP) is 3.69. The Labute approximate surface area is 82.0 Å². The Morgan fingerprint density at radius 3 is 3.00 bits per heavy atom. The molecule has 0 N–H and O–H groups in total. The summed E-state index contributed by atoms with van der Waals surface area (Å²) < 4.78 is 5.70. The van der Waals surface area contributed by atoms with Gasteiger partial charge < -0.3 is 4.42 Å². The van der Waals surface area contributed by atoms with Crippen LogP contribution in [0.4, 0.5) is 0 Å². The second-order valence-electron chi connectivity index (χ2n) is 3.47. The fraction of sp³-hybridized carbons (Fsp3) is 0.0769. The molecule has 0 spiro atoms. The SMILES string of the molecule is Cc1cccc2oc3c[c]ccc3c12. The van der Waals surface area contributed by atoms with E-state index in [1.54, 1.807) is 0 Å². The third kappa shape index (κ3) is 0.896. The summed E-state index contributed by atoms with van der Waals surface area (Å²) in [6.45, 7) is 2.11. The first-order chi connectivity index (χ1) is 6.86. The lowest BCUT2D eigenvalue weighted by Gasteiger charge is -1.93. The largest absolute Gasteiger partial charge is 0.456 e. The van der Waals surface area contributed by atoms with Gasteiger partial charge in [0.25, 0.3) is 0 Å². The molecular weight excluding hydrogens is 172 g/mol. The highest BCUT2D eigenvalue weighted by atomic mass is 16.3. The van der Waals surface area contributed by atoms with E-state index in [0.717, 1.165) is 11.2 Å². The van der Waals surface area contributed by atoms with Gasteiger partial charge in [-0.05, 0) is 36.8 Å². The maximum absolute atomic E-state index is 5.70. The second kappa shape index (κ2) is 2.61. The van der Waals surface area contributed by atoms with Gasteiger partial charge in [-0.1, -0.05) is 18.2 Å². The van der Waals surface area contributed by atoms with Crippen LogP contribution in [0.25, 0.3) is 21.9 Å². The van der Waals surface area contributed by atoms with Crippen molar-refractivity contribution in [3.8, 4) is 0 Å². The Morgan fingerprint density at radius 1 is 1.14 bits per heavy atom. The molecule has 0 atom stereocenters. The molecule has 0 bridgehead atoms. The zero-order chi connectivity index (χ0) is 9.54. The molecule has 3 aromatic rings. The molecule has 0 saturated heterocycles. The number of aryl methyl sites for hydroxylation is 1. The number of benzene rings is 2. The van der Waals surface area contributed by atoms with Crippen LogP contribution in [0.3, 0.4) is 0 Å². The van der Waals surface area contributed by atoms with Crippen LogP contribution >= 0.6 is 0 Å². The van der Waals surface area contributed by atoms with Crippen molar-refractivity contribution in [3.63, 3.8) is 0 Å². The van der Waals surface area contributed by atoms with Crippen molar-refractivity contribution in [1.82, 2.24) is 0 Å². The molecular formula is C13H9O. The monoisotopic (exact) mass is 181 g/mol. The first-order valence-electron chi connectivity index (χ1n) is 4.64. The van der Waals surface area contributed by atoms with E-state index in [1.165, 1.54) is 16.3 Å². The molecule has 0 amide bonds. The number of fused-ring (bicyclic) bond motifs is 3. The van der Waals surface area contributed by atoms with Gasteiger partial charge in [0.05, 0.1) is 0 Å². The van der Waals surface area contributed by atoms with Crippen molar-refractivity contribution in [3.05, 3.63) is 48.0 Å². The van der Waals surface area contributed by atoms with E-state index in [4.69, 9.17) is 4.42 Å². The highest BCUT2D eigenvalue weighted by molar-refractivity contribution is 6.06. The predicted molar refractivity (Wildman–Crippen MR) is 57.3 cm³/mol. The van der Waals surface area contributed by atoms with Gasteiger partial charge in [0.1, 0.15) is 11.2 Å². The number of furan rings is 1. The smallest absolute Gasteiger partial charge is 0.136 e. The van der Waals surface area contributed by atoms with Crippen LogP contribution in [-0.4, -0.2) is 0 Å². The first kappa shape index (κ1) is 7.63. The van der Waals surface area contributed by atoms with E-state index in [2.05, 4.69) is 19.1 Å². The van der Waals surface area contributed by atoms with Crippen LogP contribution < -0.4 is 0 Å². The van der Waals surface area contributed by atoms with Crippen LogP contribution in [0.5, 0.6) is 0 Å². The van der Waals surface area contributed by atoms with E-state index in [-0.39, 0.29) is 0 Å². The fourth-order valence-electron chi connectivity index (χ4n) is 1.90. The van der Waals surface area contributed by atoms with Gasteiger partial charge in [0, 0.05) is 10.8 Å². The molecule has 0 aliphatic carbocycles. The number of hydrogen-bond acceptors (Lipinski definition) is 1. The minimum Gasteiger partial charge on any atom is -0.456 e. The van der Waals surface area contributed by atoms with E-state index >= 15 is 0 Å². The van der Waals surface area contributed by atoms with E-state index < -0.39 is 0 Å². The van der Waals surface area contributed by atoms with Gasteiger partial charge in [-0.2, -0.15) is 0 Å². The molecule has 1 heteroatoms. The van der Waals surface area contributed by atoms with Crippen molar-refractivity contribution in [2.75, 3.05) is 0 Å². The van der Waals surface area contributed by atoms with Gasteiger partial charge >= 0.3 is 0 Å². The molecule has 1 heterocycles. The van der Waals surface area contributed by atoms with Gasteiger partial charge in [0.15, 0.2) is 0 Å². The zero-order valence-electron chi connectivity index (χ0n) is 7.87. The minimum absolute atomic E-state index is 0.914. The lowest BCUT2D eigenvalue weighted by atomic mass is 10.1. The van der Waals surface area contributed by atoms with E-state index in [1.807, 2.05) is 30.3 Å². The minimum atomic E-state index is 0.914. The average molecular weight is 181 g/mol. The Hall–Kier alpha value is -1.76. The summed E-state index contributed by atoms with van der Waals surface area (Å²) in [5.41, 5.74) is 3.13.